The van der Waals surface area contributed by atoms with Gasteiger partial charge in [-0.1, -0.05) is 35.4 Å². The van der Waals surface area contributed by atoms with Crippen molar-refractivity contribution >= 4 is 40.9 Å². The van der Waals surface area contributed by atoms with Gasteiger partial charge < -0.3 is 14.8 Å². The summed E-state index contributed by atoms with van der Waals surface area (Å²) in [6, 6.07) is 16.7. The van der Waals surface area contributed by atoms with E-state index in [9.17, 15) is 25.0 Å². The topological polar surface area (TPSA) is 132 Å². The number of hydrogen-bond acceptors (Lipinski definition) is 7. The Morgan fingerprint density at radius 2 is 1.80 bits per heavy atom. The summed E-state index contributed by atoms with van der Waals surface area (Å²) in [6.07, 6.45) is 1.27. The second kappa shape index (κ2) is 11.0. The van der Waals surface area contributed by atoms with Crippen molar-refractivity contribution in [1.82, 2.24) is 0 Å². The molecular formula is C25H18ClN3O6. The molecular weight excluding hydrogens is 474 g/mol. The summed E-state index contributed by atoms with van der Waals surface area (Å²) in [6.45, 7) is 1.89. The number of rotatable bonds is 7. The van der Waals surface area contributed by atoms with Gasteiger partial charge in [0.2, 0.25) is 0 Å². The average Bonchev–Trinajstić information content (AvgIpc) is 2.84. The zero-order valence-electron chi connectivity index (χ0n) is 18.6. The van der Waals surface area contributed by atoms with Gasteiger partial charge in [0.05, 0.1) is 28.3 Å². The average molecular weight is 492 g/mol. The van der Waals surface area contributed by atoms with E-state index in [4.69, 9.17) is 21.1 Å². The Labute approximate surface area is 205 Å². The van der Waals surface area contributed by atoms with Crippen LogP contribution in [0.5, 0.6) is 11.5 Å². The quantitative estimate of drug-likeness (QED) is 0.118. The van der Waals surface area contributed by atoms with E-state index in [0.29, 0.717) is 11.1 Å². The van der Waals surface area contributed by atoms with Crippen LogP contribution in [-0.2, 0) is 4.79 Å². The monoisotopic (exact) mass is 491 g/mol. The van der Waals surface area contributed by atoms with Crippen LogP contribution in [0.4, 0.5) is 11.4 Å². The first-order valence-electron chi connectivity index (χ1n) is 10.1. The summed E-state index contributed by atoms with van der Waals surface area (Å²) in [5, 5.41) is 23.0. The molecule has 9 nitrogen and oxygen atoms in total. The zero-order valence-corrected chi connectivity index (χ0v) is 19.3. The normalized spacial score (nSPS) is 10.7. The lowest BCUT2D eigenvalue weighted by atomic mass is 10.1. The van der Waals surface area contributed by atoms with Gasteiger partial charge in [-0.25, -0.2) is 4.79 Å². The molecule has 3 aromatic carbocycles. The Kier molecular flexibility index (Phi) is 7.81. The van der Waals surface area contributed by atoms with Gasteiger partial charge in [0, 0.05) is 12.1 Å². The molecule has 0 heterocycles. The van der Waals surface area contributed by atoms with Gasteiger partial charge >= 0.3 is 5.97 Å². The van der Waals surface area contributed by atoms with Crippen molar-refractivity contribution < 1.29 is 24.0 Å². The Hall–Kier alpha value is -4.68. The number of hydrogen-bond donors (Lipinski definition) is 1. The van der Waals surface area contributed by atoms with Crippen LogP contribution in [0.25, 0.3) is 6.08 Å². The number of halogens is 1. The molecule has 0 unspecified atom stereocenters. The second-order valence-electron chi connectivity index (χ2n) is 7.21. The maximum Gasteiger partial charge on any atom is 0.343 e. The molecule has 0 radical (unpaired) electrons. The van der Waals surface area contributed by atoms with E-state index in [1.165, 1.54) is 37.5 Å². The first kappa shape index (κ1) is 25.0. The van der Waals surface area contributed by atoms with E-state index in [1.54, 1.807) is 36.4 Å². The predicted molar refractivity (Wildman–Crippen MR) is 129 cm³/mol. The SMILES string of the molecule is COc1ccc(/C=C(\C#N)C(=O)Nc2cc([N+](=O)[O-])ccc2Cl)cc1OC(=O)c1ccc(C)cc1. The third-order valence-electron chi connectivity index (χ3n) is 4.76. The summed E-state index contributed by atoms with van der Waals surface area (Å²) in [7, 11) is 1.41. The number of non-ortho nitro benzene ring substituents is 1. The molecule has 0 atom stereocenters. The van der Waals surface area contributed by atoms with E-state index in [-0.39, 0.29) is 33.5 Å². The lowest BCUT2D eigenvalue weighted by Crippen LogP contribution is -2.14. The number of ether oxygens (including phenoxy) is 2. The molecule has 0 bridgehead atoms. The molecule has 0 fully saturated rings. The summed E-state index contributed by atoms with van der Waals surface area (Å²) >= 11 is 6.01. The molecule has 0 aromatic heterocycles. The highest BCUT2D eigenvalue weighted by Crippen LogP contribution is 2.30. The molecule has 176 valence electrons. The molecule has 1 N–H and O–H groups in total. The fraction of sp³-hybridized carbons (Fsp3) is 0.0800. The van der Waals surface area contributed by atoms with E-state index < -0.39 is 16.8 Å². The smallest absolute Gasteiger partial charge is 0.343 e. The third kappa shape index (κ3) is 6.22. The van der Waals surface area contributed by atoms with Crippen molar-refractivity contribution in [3.05, 3.63) is 98.1 Å². The van der Waals surface area contributed by atoms with E-state index in [2.05, 4.69) is 5.32 Å². The van der Waals surface area contributed by atoms with Crippen LogP contribution in [0, 0.1) is 28.4 Å². The number of aryl methyl sites for hydroxylation is 1. The summed E-state index contributed by atoms with van der Waals surface area (Å²) in [5.74, 6) is -1.08. The number of amides is 1. The second-order valence-corrected chi connectivity index (χ2v) is 7.62. The molecule has 0 aliphatic heterocycles. The molecule has 1 amide bonds. The Balaban J connectivity index is 1.86. The van der Waals surface area contributed by atoms with Gasteiger partial charge in [-0.05, 0) is 48.9 Å². The standard InChI is InChI=1S/C25H18ClN3O6/c1-15-3-6-17(7-4-15)25(31)35-23-12-16(5-10-22(23)34-2)11-18(14-27)24(30)28-21-13-19(29(32)33)8-9-20(21)26/h3-13H,1-2H3,(H,28,30)/b18-11+. The van der Waals surface area contributed by atoms with Gasteiger partial charge in [-0.3, -0.25) is 14.9 Å². The number of carbonyl (C=O) groups is 2. The van der Waals surface area contributed by atoms with Crippen LogP contribution in [0.15, 0.2) is 66.2 Å². The van der Waals surface area contributed by atoms with Crippen LogP contribution in [0.3, 0.4) is 0 Å². The van der Waals surface area contributed by atoms with Crippen molar-refractivity contribution in [3.8, 4) is 17.6 Å². The van der Waals surface area contributed by atoms with Gasteiger partial charge in [0.1, 0.15) is 11.6 Å². The minimum atomic E-state index is -0.830. The molecule has 3 rings (SSSR count). The fourth-order valence-corrected chi connectivity index (χ4v) is 3.10. The largest absolute Gasteiger partial charge is 0.493 e. The fourth-order valence-electron chi connectivity index (χ4n) is 2.94. The number of methoxy groups -OCH3 is 1. The maximum absolute atomic E-state index is 12.6. The van der Waals surface area contributed by atoms with Crippen molar-refractivity contribution in [1.29, 1.82) is 5.26 Å². The number of anilines is 1. The van der Waals surface area contributed by atoms with Gasteiger partial charge in [0.15, 0.2) is 11.5 Å². The summed E-state index contributed by atoms with van der Waals surface area (Å²) < 4.78 is 10.7. The Morgan fingerprint density at radius 3 is 2.43 bits per heavy atom. The summed E-state index contributed by atoms with van der Waals surface area (Å²) in [4.78, 5) is 35.5. The van der Waals surface area contributed by atoms with Crippen LogP contribution in [0.1, 0.15) is 21.5 Å². The number of nitrogens with zero attached hydrogens (tertiary/aromatic N) is 2. The van der Waals surface area contributed by atoms with Crippen LogP contribution in [0.2, 0.25) is 5.02 Å². The lowest BCUT2D eigenvalue weighted by Gasteiger charge is -2.11. The van der Waals surface area contributed by atoms with Crippen molar-refractivity contribution in [2.24, 2.45) is 0 Å². The number of nitro benzene ring substituents is 1. The number of nitriles is 1. The molecule has 0 saturated heterocycles. The highest BCUT2D eigenvalue weighted by Gasteiger charge is 2.17. The minimum Gasteiger partial charge on any atom is -0.493 e. The maximum atomic E-state index is 12.6. The lowest BCUT2D eigenvalue weighted by molar-refractivity contribution is -0.384. The molecule has 0 spiro atoms. The molecule has 0 aliphatic carbocycles. The Bertz CT molecular complexity index is 1380. The van der Waals surface area contributed by atoms with Gasteiger partial charge in [-0.15, -0.1) is 0 Å². The van der Waals surface area contributed by atoms with E-state index in [0.717, 1.165) is 11.6 Å². The molecule has 0 saturated carbocycles. The molecule has 10 heteroatoms. The van der Waals surface area contributed by atoms with Crippen molar-refractivity contribution in [2.45, 2.75) is 6.92 Å². The van der Waals surface area contributed by atoms with E-state index >= 15 is 0 Å². The first-order valence-corrected chi connectivity index (χ1v) is 10.4. The highest BCUT2D eigenvalue weighted by molar-refractivity contribution is 6.34. The van der Waals surface area contributed by atoms with Crippen molar-refractivity contribution in [2.75, 3.05) is 12.4 Å². The van der Waals surface area contributed by atoms with Crippen LogP contribution < -0.4 is 14.8 Å². The van der Waals surface area contributed by atoms with Crippen LogP contribution in [-0.4, -0.2) is 23.9 Å². The predicted octanol–water partition coefficient (Wildman–Crippen LogP) is 5.33. The number of benzene rings is 3. The minimum absolute atomic E-state index is 0.0190. The van der Waals surface area contributed by atoms with Gasteiger partial charge in [-0.2, -0.15) is 5.26 Å². The highest BCUT2D eigenvalue weighted by atomic mass is 35.5. The molecule has 35 heavy (non-hydrogen) atoms. The van der Waals surface area contributed by atoms with E-state index in [1.807, 2.05) is 6.92 Å². The number of carbonyl (C=O) groups excluding carboxylic acids is 2. The molecule has 3 aromatic rings. The Morgan fingerprint density at radius 1 is 1.09 bits per heavy atom. The zero-order chi connectivity index (χ0) is 25.5. The molecule has 0 aliphatic rings. The summed E-state index contributed by atoms with van der Waals surface area (Å²) in [5.41, 5.74) is 1.09. The first-order chi connectivity index (χ1) is 16.7. The number of esters is 1. The van der Waals surface area contributed by atoms with Crippen molar-refractivity contribution in [3.63, 3.8) is 0 Å². The van der Waals surface area contributed by atoms with Gasteiger partial charge in [0.25, 0.3) is 11.6 Å². The van der Waals surface area contributed by atoms with Crippen LogP contribution >= 0.6 is 11.6 Å². The number of nitro groups is 1. The third-order valence-corrected chi connectivity index (χ3v) is 5.09. The number of nitrogens with one attached hydrogen (secondary N) is 1.